The van der Waals surface area contributed by atoms with Gasteiger partial charge in [-0.05, 0) is 12.8 Å². The third-order valence-corrected chi connectivity index (χ3v) is 7.79. The fourth-order valence-electron chi connectivity index (χ4n) is 5.23. The molecule has 0 aromatic carbocycles. The minimum atomic E-state index is -1.50. The van der Waals surface area contributed by atoms with E-state index in [2.05, 4.69) is 5.32 Å². The Kier molecular flexibility index (Phi) is 13.9. The molecular formula is C25H47N5O13. The molecule has 0 aromatic heterocycles. The Labute approximate surface area is 248 Å². The van der Waals surface area contributed by atoms with E-state index in [1.165, 1.54) is 7.11 Å². The van der Waals surface area contributed by atoms with Gasteiger partial charge in [0.05, 0.1) is 37.8 Å². The van der Waals surface area contributed by atoms with E-state index < -0.39 is 104 Å². The number of esters is 1. The van der Waals surface area contributed by atoms with Crippen LogP contribution in [0.1, 0.15) is 25.7 Å². The molecule has 2 saturated heterocycles. The van der Waals surface area contributed by atoms with Crippen LogP contribution in [0, 0.1) is 0 Å². The molecule has 18 heteroatoms. The number of amides is 1. The van der Waals surface area contributed by atoms with Gasteiger partial charge in [0, 0.05) is 32.2 Å². The van der Waals surface area contributed by atoms with Crippen LogP contribution in [0.15, 0.2) is 0 Å². The molecule has 14 atom stereocenters. The normalized spacial score (nSPS) is 41.9. The molecule has 1 amide bonds. The first-order valence-corrected chi connectivity index (χ1v) is 14.3. The highest BCUT2D eigenvalue weighted by atomic mass is 16.7. The Balaban J connectivity index is 1.56. The van der Waals surface area contributed by atoms with Gasteiger partial charge in [0.15, 0.2) is 12.6 Å². The third-order valence-electron chi connectivity index (χ3n) is 7.79. The largest absolute Gasteiger partial charge is 0.463 e. The molecule has 0 bridgehead atoms. The molecule has 0 radical (unpaired) electrons. The molecule has 2 aliphatic heterocycles. The lowest BCUT2D eigenvalue weighted by molar-refractivity contribution is -0.315. The first-order valence-electron chi connectivity index (χ1n) is 14.3. The average Bonchev–Trinajstić information content (AvgIpc) is 2.96. The summed E-state index contributed by atoms with van der Waals surface area (Å²) in [6, 6.07) is -3.64. The smallest absolute Gasteiger partial charge is 0.306 e. The van der Waals surface area contributed by atoms with Crippen molar-refractivity contribution in [3.8, 4) is 0 Å². The standard InChI is InChI=1S/C25H47N5O13/c1-38-4-5-39-17(34)3-2-16(33)30-8-14-13(32)7-12(28)24(40-14)42-22-10(26)6-11(27)23(21(22)37)43-25-20(36)18(29)19(35)15(9-31)41-25/h10-15,18-25,31-32,35-37H,2-9,26-29H2,1H3,(H,30,33)/t10?,11-,12?,13+,14?,15-,18-,19?,20-,21+,22-,23?,24-,25?/m1/s1. The number of nitrogens with two attached hydrogens (primary N) is 4. The molecular weight excluding hydrogens is 578 g/mol. The second-order valence-corrected chi connectivity index (χ2v) is 11.1. The summed E-state index contributed by atoms with van der Waals surface area (Å²) in [5, 5.41) is 54.3. The van der Waals surface area contributed by atoms with E-state index in [9.17, 15) is 35.1 Å². The van der Waals surface area contributed by atoms with Crippen molar-refractivity contribution in [2.45, 2.75) is 111 Å². The van der Waals surface area contributed by atoms with Gasteiger partial charge >= 0.3 is 5.97 Å². The maximum atomic E-state index is 12.2. The first kappa shape index (κ1) is 35.9. The molecule has 3 aliphatic rings. The molecule has 3 rings (SSSR count). The van der Waals surface area contributed by atoms with Crippen molar-refractivity contribution in [2.24, 2.45) is 22.9 Å². The first-order chi connectivity index (χ1) is 20.4. The second-order valence-electron chi connectivity index (χ2n) is 11.1. The summed E-state index contributed by atoms with van der Waals surface area (Å²) in [6.45, 7) is -0.386. The van der Waals surface area contributed by atoms with Gasteiger partial charge in [-0.1, -0.05) is 0 Å². The summed E-state index contributed by atoms with van der Waals surface area (Å²) in [4.78, 5) is 23.9. The van der Waals surface area contributed by atoms with Gasteiger partial charge in [-0.25, -0.2) is 0 Å². The van der Waals surface area contributed by atoms with Crippen LogP contribution in [-0.2, 0) is 38.0 Å². The predicted octanol–water partition coefficient (Wildman–Crippen LogP) is -6.17. The molecule has 14 N–H and O–H groups in total. The maximum Gasteiger partial charge on any atom is 0.306 e. The van der Waals surface area contributed by atoms with Crippen LogP contribution >= 0.6 is 0 Å². The lowest BCUT2D eigenvalue weighted by Gasteiger charge is -2.47. The molecule has 0 aromatic rings. The molecule has 3 fully saturated rings. The molecule has 6 unspecified atom stereocenters. The lowest BCUT2D eigenvalue weighted by atomic mass is 9.84. The summed E-state index contributed by atoms with van der Waals surface area (Å²) in [6.07, 6.45) is -12.4. The van der Waals surface area contributed by atoms with Crippen molar-refractivity contribution in [2.75, 3.05) is 33.5 Å². The van der Waals surface area contributed by atoms with E-state index in [0.29, 0.717) is 0 Å². The van der Waals surface area contributed by atoms with Crippen LogP contribution in [0.4, 0.5) is 0 Å². The van der Waals surface area contributed by atoms with Gasteiger partial charge in [-0.3, -0.25) is 9.59 Å². The Morgan fingerprint density at radius 1 is 0.814 bits per heavy atom. The Hall–Kier alpha value is -1.62. The molecule has 43 heavy (non-hydrogen) atoms. The fraction of sp³-hybridized carbons (Fsp3) is 0.920. The third kappa shape index (κ3) is 9.44. The zero-order valence-corrected chi connectivity index (χ0v) is 24.1. The zero-order chi connectivity index (χ0) is 31.8. The van der Waals surface area contributed by atoms with E-state index in [-0.39, 0.29) is 45.4 Å². The van der Waals surface area contributed by atoms with E-state index >= 15 is 0 Å². The number of nitrogens with one attached hydrogen (secondary N) is 1. The Morgan fingerprint density at radius 3 is 2.07 bits per heavy atom. The van der Waals surface area contributed by atoms with Crippen molar-refractivity contribution in [3.63, 3.8) is 0 Å². The number of aliphatic hydroxyl groups is 5. The fourth-order valence-corrected chi connectivity index (χ4v) is 5.23. The predicted molar refractivity (Wildman–Crippen MR) is 144 cm³/mol. The minimum Gasteiger partial charge on any atom is -0.463 e. The molecule has 1 saturated carbocycles. The number of rotatable bonds is 13. The van der Waals surface area contributed by atoms with Crippen LogP contribution in [-0.4, -0.2) is 156 Å². The maximum absolute atomic E-state index is 12.2. The summed E-state index contributed by atoms with van der Waals surface area (Å²) < 4.78 is 32.8. The molecule has 1 aliphatic carbocycles. The number of carbonyl (C=O) groups excluding carboxylic acids is 2. The number of hydrogen-bond donors (Lipinski definition) is 10. The van der Waals surface area contributed by atoms with E-state index in [1.54, 1.807) is 0 Å². The van der Waals surface area contributed by atoms with Crippen molar-refractivity contribution < 1.29 is 63.5 Å². The molecule has 0 spiro atoms. The van der Waals surface area contributed by atoms with E-state index in [4.69, 9.17) is 51.4 Å². The average molecular weight is 626 g/mol. The van der Waals surface area contributed by atoms with Crippen molar-refractivity contribution in [1.29, 1.82) is 0 Å². The highest BCUT2D eigenvalue weighted by Gasteiger charge is 2.50. The van der Waals surface area contributed by atoms with Gasteiger partial charge in [-0.15, -0.1) is 0 Å². The van der Waals surface area contributed by atoms with Gasteiger partial charge in [0.2, 0.25) is 5.91 Å². The number of aliphatic hydroxyl groups excluding tert-OH is 5. The highest BCUT2D eigenvalue weighted by molar-refractivity contribution is 5.81. The number of methoxy groups -OCH3 is 1. The van der Waals surface area contributed by atoms with Crippen LogP contribution in [0.2, 0.25) is 0 Å². The van der Waals surface area contributed by atoms with Crippen molar-refractivity contribution in [3.05, 3.63) is 0 Å². The van der Waals surface area contributed by atoms with Crippen LogP contribution in [0.3, 0.4) is 0 Å². The topological polar surface area (TPSA) is 307 Å². The molecule has 250 valence electrons. The molecule has 18 nitrogen and oxygen atoms in total. The number of ether oxygens (including phenoxy) is 6. The summed E-state index contributed by atoms with van der Waals surface area (Å²) in [5.74, 6) is -1.02. The molecule has 2 heterocycles. The summed E-state index contributed by atoms with van der Waals surface area (Å²) in [5.41, 5.74) is 24.5. The van der Waals surface area contributed by atoms with E-state index in [0.717, 1.165) is 0 Å². The van der Waals surface area contributed by atoms with Gasteiger partial charge < -0.3 is 82.2 Å². The monoisotopic (exact) mass is 625 g/mol. The summed E-state index contributed by atoms with van der Waals surface area (Å²) in [7, 11) is 1.47. The van der Waals surface area contributed by atoms with Crippen LogP contribution < -0.4 is 28.3 Å². The van der Waals surface area contributed by atoms with Crippen molar-refractivity contribution >= 4 is 11.9 Å². The lowest BCUT2D eigenvalue weighted by Crippen LogP contribution is -2.68. The SMILES string of the molecule is COCCOC(=O)CCC(=O)NCC1O[C@H](O[C@@H]2C(N)C[C@@H](N)C(OC3O[C@H](CO)C(O)[C@@H](N)[C@H]3O)[C@H]2O)C(N)C[C@@H]1O. The minimum absolute atomic E-state index is 0.0411. The highest BCUT2D eigenvalue weighted by Crippen LogP contribution is 2.30. The van der Waals surface area contributed by atoms with Crippen LogP contribution in [0.5, 0.6) is 0 Å². The zero-order valence-electron chi connectivity index (χ0n) is 24.1. The number of hydrogen-bond acceptors (Lipinski definition) is 17. The number of carbonyl (C=O) groups is 2. The second kappa shape index (κ2) is 16.6. The van der Waals surface area contributed by atoms with Gasteiger partial charge in [0.1, 0.15) is 49.3 Å². The summed E-state index contributed by atoms with van der Waals surface area (Å²) >= 11 is 0. The Morgan fingerprint density at radius 2 is 1.44 bits per heavy atom. The van der Waals surface area contributed by atoms with Gasteiger partial charge in [-0.2, -0.15) is 0 Å². The van der Waals surface area contributed by atoms with Gasteiger partial charge in [0.25, 0.3) is 0 Å². The van der Waals surface area contributed by atoms with Crippen molar-refractivity contribution in [1.82, 2.24) is 5.32 Å². The Bertz CT molecular complexity index is 890. The van der Waals surface area contributed by atoms with E-state index in [1.807, 2.05) is 0 Å². The quantitative estimate of drug-likeness (QED) is 0.0672. The van der Waals surface area contributed by atoms with Crippen LogP contribution in [0.25, 0.3) is 0 Å².